The van der Waals surface area contributed by atoms with Gasteiger partial charge in [0.25, 0.3) is 0 Å². The van der Waals surface area contributed by atoms with E-state index in [0.29, 0.717) is 16.4 Å². The Morgan fingerprint density at radius 2 is 1.92 bits per heavy atom. The lowest BCUT2D eigenvalue weighted by atomic mass is 10.3. The maximum atomic E-state index is 5.74. The van der Waals surface area contributed by atoms with Crippen LogP contribution < -0.4 is 5.73 Å². The molecule has 0 radical (unpaired) electrons. The Labute approximate surface area is 74.2 Å². The SMILES string of the molecule is Nc1cnc2ncc(Cl)cc2c1. The quantitative estimate of drug-likeness (QED) is 0.672. The summed E-state index contributed by atoms with van der Waals surface area (Å²) in [5.41, 5.74) is 6.82. The summed E-state index contributed by atoms with van der Waals surface area (Å²) in [5, 5.41) is 1.46. The summed E-state index contributed by atoms with van der Waals surface area (Å²) in [5.74, 6) is 0. The molecular formula is C8H6ClN3. The summed E-state index contributed by atoms with van der Waals surface area (Å²) in [4.78, 5) is 8.05. The first-order valence-corrected chi connectivity index (χ1v) is 3.80. The van der Waals surface area contributed by atoms with Crippen molar-refractivity contribution in [3.05, 3.63) is 29.5 Å². The third-order valence-corrected chi connectivity index (χ3v) is 1.73. The van der Waals surface area contributed by atoms with Crippen molar-refractivity contribution in [1.29, 1.82) is 0 Å². The molecule has 3 nitrogen and oxygen atoms in total. The van der Waals surface area contributed by atoms with Crippen molar-refractivity contribution in [3.8, 4) is 0 Å². The highest BCUT2D eigenvalue weighted by molar-refractivity contribution is 6.31. The van der Waals surface area contributed by atoms with Crippen LogP contribution in [0, 0.1) is 0 Å². The normalized spacial score (nSPS) is 10.4. The number of rotatable bonds is 0. The molecule has 2 heterocycles. The second-order valence-electron chi connectivity index (χ2n) is 2.47. The fraction of sp³-hybridized carbons (Fsp3) is 0. The van der Waals surface area contributed by atoms with E-state index in [-0.39, 0.29) is 0 Å². The van der Waals surface area contributed by atoms with E-state index in [1.807, 2.05) is 0 Å². The average molecular weight is 180 g/mol. The van der Waals surface area contributed by atoms with Crippen molar-refractivity contribution in [1.82, 2.24) is 9.97 Å². The van der Waals surface area contributed by atoms with E-state index < -0.39 is 0 Å². The number of nitrogens with zero attached hydrogens (tertiary/aromatic N) is 2. The molecule has 2 aromatic heterocycles. The lowest BCUT2D eigenvalue weighted by Gasteiger charge is -1.97. The van der Waals surface area contributed by atoms with Gasteiger partial charge in [-0.3, -0.25) is 0 Å². The standard InChI is InChI=1S/C8H6ClN3/c9-6-1-5-2-7(10)4-12-8(5)11-3-6/h1-4H,10H2. The van der Waals surface area contributed by atoms with E-state index >= 15 is 0 Å². The van der Waals surface area contributed by atoms with Crippen LogP contribution in [0.5, 0.6) is 0 Å². The van der Waals surface area contributed by atoms with Gasteiger partial charge in [-0.05, 0) is 12.1 Å². The first-order valence-electron chi connectivity index (χ1n) is 3.42. The van der Waals surface area contributed by atoms with Crippen molar-refractivity contribution in [2.24, 2.45) is 0 Å². The maximum Gasteiger partial charge on any atom is 0.159 e. The van der Waals surface area contributed by atoms with Crippen LogP contribution in [0.3, 0.4) is 0 Å². The predicted octanol–water partition coefficient (Wildman–Crippen LogP) is 1.87. The Kier molecular flexibility index (Phi) is 1.59. The molecule has 12 heavy (non-hydrogen) atoms. The van der Waals surface area contributed by atoms with Crippen LogP contribution in [0.25, 0.3) is 11.0 Å². The van der Waals surface area contributed by atoms with E-state index in [2.05, 4.69) is 9.97 Å². The first-order chi connectivity index (χ1) is 5.75. The molecule has 0 aliphatic carbocycles. The number of hydrogen-bond donors (Lipinski definition) is 1. The molecule has 0 saturated heterocycles. The summed E-state index contributed by atoms with van der Waals surface area (Å²) in [7, 11) is 0. The zero-order valence-corrected chi connectivity index (χ0v) is 6.92. The fourth-order valence-electron chi connectivity index (χ4n) is 1.01. The molecule has 0 unspecified atom stereocenters. The van der Waals surface area contributed by atoms with Crippen molar-refractivity contribution >= 4 is 28.3 Å². The summed E-state index contributed by atoms with van der Waals surface area (Å²) < 4.78 is 0. The van der Waals surface area contributed by atoms with Crippen molar-refractivity contribution < 1.29 is 0 Å². The summed E-state index contributed by atoms with van der Waals surface area (Å²) in [6.07, 6.45) is 3.14. The number of aromatic nitrogens is 2. The Hall–Kier alpha value is -1.35. The monoisotopic (exact) mass is 179 g/mol. The molecule has 2 N–H and O–H groups in total. The molecule has 0 atom stereocenters. The molecule has 0 aliphatic rings. The molecule has 0 fully saturated rings. The highest BCUT2D eigenvalue weighted by atomic mass is 35.5. The minimum atomic E-state index is 0.593. The Morgan fingerprint density at radius 1 is 1.17 bits per heavy atom. The van der Waals surface area contributed by atoms with Crippen LogP contribution in [0.1, 0.15) is 0 Å². The molecule has 2 aromatic rings. The van der Waals surface area contributed by atoms with Crippen molar-refractivity contribution in [2.45, 2.75) is 0 Å². The fourth-order valence-corrected chi connectivity index (χ4v) is 1.18. The van der Waals surface area contributed by atoms with E-state index in [0.717, 1.165) is 5.39 Å². The average Bonchev–Trinajstić information content (AvgIpc) is 2.03. The molecule has 60 valence electrons. The number of pyridine rings is 2. The number of halogens is 1. The van der Waals surface area contributed by atoms with Crippen LogP contribution >= 0.6 is 11.6 Å². The Balaban J connectivity index is 2.80. The van der Waals surface area contributed by atoms with Crippen molar-refractivity contribution in [2.75, 3.05) is 5.73 Å². The maximum absolute atomic E-state index is 5.74. The van der Waals surface area contributed by atoms with Gasteiger partial charge in [0.15, 0.2) is 5.65 Å². The lowest BCUT2D eigenvalue weighted by molar-refractivity contribution is 1.29. The molecule has 2 rings (SSSR count). The van der Waals surface area contributed by atoms with Crippen LogP contribution in [-0.4, -0.2) is 9.97 Å². The summed E-state index contributed by atoms with van der Waals surface area (Å²) >= 11 is 5.74. The predicted molar refractivity (Wildman–Crippen MR) is 49.0 cm³/mol. The second kappa shape index (κ2) is 2.60. The minimum absolute atomic E-state index is 0.593. The van der Waals surface area contributed by atoms with Crippen LogP contribution in [0.4, 0.5) is 5.69 Å². The smallest absolute Gasteiger partial charge is 0.159 e. The second-order valence-corrected chi connectivity index (χ2v) is 2.91. The zero-order chi connectivity index (χ0) is 8.55. The third-order valence-electron chi connectivity index (χ3n) is 1.52. The van der Waals surface area contributed by atoms with Gasteiger partial charge in [-0.25, -0.2) is 9.97 Å². The molecule has 0 aromatic carbocycles. The molecule has 0 saturated carbocycles. The van der Waals surface area contributed by atoms with Crippen LogP contribution in [0.15, 0.2) is 24.5 Å². The molecule has 4 heteroatoms. The first kappa shape index (κ1) is 7.31. The van der Waals surface area contributed by atoms with Gasteiger partial charge in [-0.1, -0.05) is 11.6 Å². The molecule has 0 amide bonds. The number of fused-ring (bicyclic) bond motifs is 1. The molecule has 0 bridgehead atoms. The van der Waals surface area contributed by atoms with Gasteiger partial charge in [0, 0.05) is 11.6 Å². The number of nitrogen functional groups attached to an aromatic ring is 1. The lowest BCUT2D eigenvalue weighted by Crippen LogP contribution is -1.88. The van der Waals surface area contributed by atoms with Gasteiger partial charge in [-0.2, -0.15) is 0 Å². The minimum Gasteiger partial charge on any atom is -0.397 e. The summed E-state index contributed by atoms with van der Waals surface area (Å²) in [6.45, 7) is 0. The number of hydrogen-bond acceptors (Lipinski definition) is 3. The molecular weight excluding hydrogens is 174 g/mol. The van der Waals surface area contributed by atoms with E-state index in [1.165, 1.54) is 0 Å². The van der Waals surface area contributed by atoms with E-state index in [4.69, 9.17) is 17.3 Å². The van der Waals surface area contributed by atoms with Gasteiger partial charge in [-0.15, -0.1) is 0 Å². The van der Waals surface area contributed by atoms with Crippen LogP contribution in [-0.2, 0) is 0 Å². The van der Waals surface area contributed by atoms with Crippen LogP contribution in [0.2, 0.25) is 5.02 Å². The van der Waals surface area contributed by atoms with Gasteiger partial charge in [0.1, 0.15) is 0 Å². The van der Waals surface area contributed by atoms with Gasteiger partial charge < -0.3 is 5.73 Å². The number of anilines is 1. The highest BCUT2D eigenvalue weighted by Crippen LogP contribution is 2.16. The Bertz CT molecular complexity index is 391. The Morgan fingerprint density at radius 3 is 2.75 bits per heavy atom. The number of nitrogens with two attached hydrogens (primary N) is 1. The van der Waals surface area contributed by atoms with Gasteiger partial charge >= 0.3 is 0 Å². The van der Waals surface area contributed by atoms with E-state index in [9.17, 15) is 0 Å². The molecule has 0 spiro atoms. The highest BCUT2D eigenvalue weighted by Gasteiger charge is 1.96. The zero-order valence-electron chi connectivity index (χ0n) is 6.16. The third kappa shape index (κ3) is 1.19. The van der Waals surface area contributed by atoms with Gasteiger partial charge in [0.2, 0.25) is 0 Å². The largest absolute Gasteiger partial charge is 0.397 e. The summed E-state index contributed by atoms with van der Waals surface area (Å²) in [6, 6.07) is 3.58. The molecule has 0 aliphatic heterocycles. The topological polar surface area (TPSA) is 51.8 Å². The van der Waals surface area contributed by atoms with Crippen molar-refractivity contribution in [3.63, 3.8) is 0 Å². The van der Waals surface area contributed by atoms with E-state index in [1.54, 1.807) is 24.5 Å². The van der Waals surface area contributed by atoms with Gasteiger partial charge in [0.05, 0.1) is 16.9 Å².